The SMILES string of the molecule is Cc1cc(C(F)(F)F)ccc1C(C)(C)NC(=O)C1CC(=O)NC(N(C)C)N1. The predicted molar refractivity (Wildman–Crippen MR) is 94.5 cm³/mol. The molecule has 1 aliphatic rings. The fourth-order valence-corrected chi connectivity index (χ4v) is 3.14. The Kier molecular flexibility index (Phi) is 5.86. The van der Waals surface area contributed by atoms with Crippen LogP contribution in [0.15, 0.2) is 18.2 Å². The van der Waals surface area contributed by atoms with Crippen LogP contribution in [0.3, 0.4) is 0 Å². The number of benzene rings is 1. The zero-order chi connectivity index (χ0) is 20.6. The van der Waals surface area contributed by atoms with Crippen LogP contribution in [0.1, 0.15) is 37.0 Å². The molecule has 0 aromatic heterocycles. The van der Waals surface area contributed by atoms with E-state index in [0.29, 0.717) is 11.1 Å². The van der Waals surface area contributed by atoms with E-state index < -0.39 is 29.6 Å². The van der Waals surface area contributed by atoms with Gasteiger partial charge in [0, 0.05) is 0 Å². The van der Waals surface area contributed by atoms with Crippen molar-refractivity contribution in [3.63, 3.8) is 0 Å². The number of carbonyl (C=O) groups is 2. The van der Waals surface area contributed by atoms with Gasteiger partial charge in [-0.2, -0.15) is 13.2 Å². The van der Waals surface area contributed by atoms with Gasteiger partial charge < -0.3 is 10.6 Å². The average molecular weight is 386 g/mol. The third-order valence-corrected chi connectivity index (χ3v) is 4.54. The van der Waals surface area contributed by atoms with Crippen LogP contribution in [-0.4, -0.2) is 43.1 Å². The van der Waals surface area contributed by atoms with Gasteiger partial charge in [-0.15, -0.1) is 0 Å². The number of aryl methyl sites for hydroxylation is 1. The maximum Gasteiger partial charge on any atom is 0.416 e. The molecular formula is C18H25F3N4O2. The van der Waals surface area contributed by atoms with Crippen LogP contribution in [0, 0.1) is 6.92 Å². The Morgan fingerprint density at radius 3 is 2.41 bits per heavy atom. The second-order valence-electron chi connectivity index (χ2n) is 7.50. The Labute approximate surface area is 156 Å². The highest BCUT2D eigenvalue weighted by Gasteiger charge is 2.36. The lowest BCUT2D eigenvalue weighted by atomic mass is 9.88. The fourth-order valence-electron chi connectivity index (χ4n) is 3.14. The van der Waals surface area contributed by atoms with Crippen molar-refractivity contribution in [3.05, 3.63) is 34.9 Å². The zero-order valence-corrected chi connectivity index (χ0v) is 16.0. The fraction of sp³-hybridized carbons (Fsp3) is 0.556. The van der Waals surface area contributed by atoms with Gasteiger partial charge in [0.1, 0.15) is 6.29 Å². The van der Waals surface area contributed by atoms with E-state index in [1.54, 1.807) is 39.8 Å². The molecule has 1 aliphatic heterocycles. The number of nitrogens with zero attached hydrogens (tertiary/aromatic N) is 1. The summed E-state index contributed by atoms with van der Waals surface area (Å²) in [5.74, 6) is -0.642. The first-order valence-corrected chi connectivity index (χ1v) is 8.53. The quantitative estimate of drug-likeness (QED) is 0.736. The molecule has 0 bridgehead atoms. The van der Waals surface area contributed by atoms with Gasteiger partial charge >= 0.3 is 6.18 Å². The highest BCUT2D eigenvalue weighted by Crippen LogP contribution is 2.33. The van der Waals surface area contributed by atoms with Crippen LogP contribution < -0.4 is 16.0 Å². The van der Waals surface area contributed by atoms with E-state index in [4.69, 9.17) is 0 Å². The minimum atomic E-state index is -4.42. The normalized spacial score (nSPS) is 21.1. The molecular weight excluding hydrogens is 361 g/mol. The monoisotopic (exact) mass is 386 g/mol. The summed E-state index contributed by atoms with van der Waals surface area (Å²) in [6.45, 7) is 5.01. The maximum atomic E-state index is 12.9. The summed E-state index contributed by atoms with van der Waals surface area (Å²) in [5.41, 5.74) is -0.636. The van der Waals surface area contributed by atoms with Crippen molar-refractivity contribution < 1.29 is 22.8 Å². The first-order chi connectivity index (χ1) is 12.3. The van der Waals surface area contributed by atoms with Crippen LogP contribution in [0.5, 0.6) is 0 Å². The Morgan fingerprint density at radius 2 is 1.89 bits per heavy atom. The molecule has 1 aromatic rings. The van der Waals surface area contributed by atoms with E-state index in [9.17, 15) is 22.8 Å². The summed E-state index contributed by atoms with van der Waals surface area (Å²) in [7, 11) is 3.52. The summed E-state index contributed by atoms with van der Waals surface area (Å²) < 4.78 is 38.6. The van der Waals surface area contributed by atoms with Crippen molar-refractivity contribution in [1.29, 1.82) is 0 Å². The molecule has 3 N–H and O–H groups in total. The first-order valence-electron chi connectivity index (χ1n) is 8.53. The third kappa shape index (κ3) is 4.98. The second-order valence-corrected chi connectivity index (χ2v) is 7.50. The van der Waals surface area contributed by atoms with Crippen molar-refractivity contribution in [1.82, 2.24) is 20.9 Å². The molecule has 0 aliphatic carbocycles. The van der Waals surface area contributed by atoms with Gasteiger partial charge in [-0.1, -0.05) is 6.07 Å². The molecule has 2 rings (SSSR count). The van der Waals surface area contributed by atoms with Crippen molar-refractivity contribution in [2.24, 2.45) is 0 Å². The van der Waals surface area contributed by atoms with E-state index in [1.807, 2.05) is 0 Å². The minimum absolute atomic E-state index is 0.0156. The molecule has 1 heterocycles. The van der Waals surface area contributed by atoms with E-state index >= 15 is 0 Å². The zero-order valence-electron chi connectivity index (χ0n) is 16.0. The predicted octanol–water partition coefficient (Wildman–Crippen LogP) is 1.69. The molecule has 0 spiro atoms. The molecule has 27 heavy (non-hydrogen) atoms. The summed E-state index contributed by atoms with van der Waals surface area (Å²) in [6.07, 6.45) is -4.91. The van der Waals surface area contributed by atoms with E-state index in [-0.39, 0.29) is 18.2 Å². The van der Waals surface area contributed by atoms with Crippen molar-refractivity contribution >= 4 is 11.8 Å². The maximum absolute atomic E-state index is 12.9. The largest absolute Gasteiger partial charge is 0.416 e. The van der Waals surface area contributed by atoms with Gasteiger partial charge in [0.15, 0.2) is 0 Å². The Balaban J connectivity index is 2.18. The van der Waals surface area contributed by atoms with Crippen molar-refractivity contribution in [3.8, 4) is 0 Å². The van der Waals surface area contributed by atoms with Gasteiger partial charge in [0.2, 0.25) is 11.8 Å². The number of amides is 2. The van der Waals surface area contributed by atoms with Gasteiger partial charge in [0.05, 0.1) is 23.6 Å². The van der Waals surface area contributed by atoms with Crippen LogP contribution >= 0.6 is 0 Å². The molecule has 1 aromatic carbocycles. The lowest BCUT2D eigenvalue weighted by Crippen LogP contribution is -2.66. The van der Waals surface area contributed by atoms with Crippen LogP contribution in [-0.2, 0) is 21.3 Å². The molecule has 1 fully saturated rings. The standard InChI is InChI=1S/C18H25F3N4O2/c1-10-8-11(18(19,20)21)6-7-12(10)17(2,3)24-15(27)13-9-14(26)23-16(22-13)25(4)5/h6-8,13,16,22H,9H2,1-5H3,(H,23,26)(H,24,27). The summed E-state index contributed by atoms with van der Waals surface area (Å²) in [5, 5.41) is 8.59. The lowest BCUT2D eigenvalue weighted by Gasteiger charge is -2.37. The number of rotatable bonds is 4. The van der Waals surface area contributed by atoms with Gasteiger partial charge in [0.25, 0.3) is 0 Å². The average Bonchev–Trinajstić information content (AvgIpc) is 2.52. The summed E-state index contributed by atoms with van der Waals surface area (Å²) in [4.78, 5) is 26.3. The molecule has 0 radical (unpaired) electrons. The highest BCUT2D eigenvalue weighted by molar-refractivity contribution is 5.90. The molecule has 1 saturated heterocycles. The smallest absolute Gasteiger partial charge is 0.346 e. The lowest BCUT2D eigenvalue weighted by molar-refractivity contribution is -0.137. The molecule has 2 amide bonds. The summed E-state index contributed by atoms with van der Waals surface area (Å²) >= 11 is 0. The van der Waals surface area contributed by atoms with E-state index in [2.05, 4.69) is 16.0 Å². The van der Waals surface area contributed by atoms with Crippen LogP contribution in [0.4, 0.5) is 13.2 Å². The van der Waals surface area contributed by atoms with Gasteiger partial charge in [-0.3, -0.25) is 19.8 Å². The molecule has 2 unspecified atom stereocenters. The van der Waals surface area contributed by atoms with E-state index in [0.717, 1.165) is 12.1 Å². The van der Waals surface area contributed by atoms with Crippen molar-refractivity contribution in [2.75, 3.05) is 14.1 Å². The number of hydrogen-bond donors (Lipinski definition) is 3. The number of nitrogens with one attached hydrogen (secondary N) is 3. The Bertz CT molecular complexity index is 732. The second kappa shape index (κ2) is 7.47. The Morgan fingerprint density at radius 1 is 1.26 bits per heavy atom. The molecule has 6 nitrogen and oxygen atoms in total. The molecule has 2 atom stereocenters. The van der Waals surface area contributed by atoms with Crippen LogP contribution in [0.25, 0.3) is 0 Å². The summed E-state index contributed by atoms with van der Waals surface area (Å²) in [6, 6.07) is 2.71. The van der Waals surface area contributed by atoms with Crippen LogP contribution in [0.2, 0.25) is 0 Å². The molecule has 9 heteroatoms. The topological polar surface area (TPSA) is 73.5 Å². The number of hydrogen-bond acceptors (Lipinski definition) is 4. The number of halogens is 3. The number of alkyl halides is 3. The van der Waals surface area contributed by atoms with E-state index in [1.165, 1.54) is 6.07 Å². The third-order valence-electron chi connectivity index (χ3n) is 4.54. The first kappa shape index (κ1) is 21.2. The molecule has 150 valence electrons. The van der Waals surface area contributed by atoms with Crippen molar-refractivity contribution in [2.45, 2.75) is 51.2 Å². The van der Waals surface area contributed by atoms with Gasteiger partial charge in [-0.25, -0.2) is 0 Å². The van der Waals surface area contributed by atoms with Gasteiger partial charge in [-0.05, 0) is 58.1 Å². The highest BCUT2D eigenvalue weighted by atomic mass is 19.4. The minimum Gasteiger partial charge on any atom is -0.346 e. The number of carbonyl (C=O) groups excluding carboxylic acids is 2. The molecule has 0 saturated carbocycles. The Hall–Kier alpha value is -2.13.